The Morgan fingerprint density at radius 2 is 2.00 bits per heavy atom. The summed E-state index contributed by atoms with van der Waals surface area (Å²) in [5, 5.41) is 20.4. The molecule has 0 fully saturated rings. The highest BCUT2D eigenvalue weighted by atomic mass is 35.5. The second kappa shape index (κ2) is 7.84. The Kier molecular flexibility index (Phi) is 5.57. The number of hydrogen-bond donors (Lipinski definition) is 1. The minimum atomic E-state index is -0.325. The molecule has 0 saturated carbocycles. The lowest BCUT2D eigenvalue weighted by molar-refractivity contribution is 0.306. The zero-order valence-electron chi connectivity index (χ0n) is 11.9. The highest BCUT2D eigenvalue weighted by molar-refractivity contribution is 6.32. The van der Waals surface area contributed by atoms with E-state index >= 15 is 0 Å². The molecule has 0 amide bonds. The molecule has 23 heavy (non-hydrogen) atoms. The SMILES string of the molecule is N#CC(C#N)=CNc1ccc(OCc2cccc(F)c2)c(Cl)c1. The summed E-state index contributed by atoms with van der Waals surface area (Å²) in [6.07, 6.45) is 1.29. The lowest BCUT2D eigenvalue weighted by Gasteiger charge is -2.10. The average Bonchev–Trinajstić information content (AvgIpc) is 2.55. The number of hydrogen-bond acceptors (Lipinski definition) is 4. The monoisotopic (exact) mass is 327 g/mol. The van der Waals surface area contributed by atoms with E-state index in [1.165, 1.54) is 18.3 Å². The fourth-order valence-corrected chi connectivity index (χ4v) is 1.98. The number of halogens is 2. The Morgan fingerprint density at radius 1 is 1.22 bits per heavy atom. The van der Waals surface area contributed by atoms with Gasteiger partial charge in [-0.1, -0.05) is 23.7 Å². The van der Waals surface area contributed by atoms with Gasteiger partial charge in [0.05, 0.1) is 5.02 Å². The summed E-state index contributed by atoms with van der Waals surface area (Å²) in [5.74, 6) is 0.126. The van der Waals surface area contributed by atoms with Crippen LogP contribution in [0.1, 0.15) is 5.56 Å². The first-order chi connectivity index (χ1) is 11.1. The van der Waals surface area contributed by atoms with Gasteiger partial charge in [0.15, 0.2) is 0 Å². The minimum Gasteiger partial charge on any atom is -0.487 e. The van der Waals surface area contributed by atoms with Crippen molar-refractivity contribution in [1.29, 1.82) is 10.5 Å². The third kappa shape index (κ3) is 4.74. The minimum absolute atomic E-state index is 0.0486. The predicted molar refractivity (Wildman–Crippen MR) is 85.1 cm³/mol. The largest absolute Gasteiger partial charge is 0.487 e. The van der Waals surface area contributed by atoms with E-state index in [9.17, 15) is 4.39 Å². The molecule has 0 heterocycles. The molecule has 114 valence electrons. The Labute approximate surface area is 138 Å². The van der Waals surface area contributed by atoms with Crippen LogP contribution in [0.3, 0.4) is 0 Å². The van der Waals surface area contributed by atoms with Gasteiger partial charge in [-0.15, -0.1) is 0 Å². The Morgan fingerprint density at radius 3 is 2.65 bits per heavy atom. The van der Waals surface area contributed by atoms with Crippen molar-refractivity contribution in [1.82, 2.24) is 0 Å². The Hall–Kier alpha value is -3.02. The molecule has 0 radical (unpaired) electrons. The molecule has 4 nitrogen and oxygen atoms in total. The smallest absolute Gasteiger partial charge is 0.145 e. The molecule has 0 bridgehead atoms. The lowest BCUT2D eigenvalue weighted by atomic mass is 10.2. The number of rotatable bonds is 5. The molecule has 0 aromatic heterocycles. The zero-order chi connectivity index (χ0) is 16.7. The van der Waals surface area contributed by atoms with Gasteiger partial charge in [0.2, 0.25) is 0 Å². The van der Waals surface area contributed by atoms with Crippen LogP contribution in [-0.2, 0) is 6.61 Å². The van der Waals surface area contributed by atoms with Crippen LogP contribution < -0.4 is 10.1 Å². The van der Waals surface area contributed by atoms with Crippen LogP contribution in [0.5, 0.6) is 5.75 Å². The van der Waals surface area contributed by atoms with Crippen LogP contribution >= 0.6 is 11.6 Å². The maximum Gasteiger partial charge on any atom is 0.145 e. The number of benzene rings is 2. The van der Waals surface area contributed by atoms with Gasteiger partial charge in [0.25, 0.3) is 0 Å². The molecule has 2 aromatic carbocycles. The third-order valence-corrected chi connectivity index (χ3v) is 3.13. The van der Waals surface area contributed by atoms with Crippen molar-refractivity contribution in [3.63, 3.8) is 0 Å². The van der Waals surface area contributed by atoms with Crippen molar-refractivity contribution < 1.29 is 9.13 Å². The lowest BCUT2D eigenvalue weighted by Crippen LogP contribution is -1.97. The molecule has 1 N–H and O–H groups in total. The molecule has 2 aromatic rings. The first kappa shape index (κ1) is 16.4. The van der Waals surface area contributed by atoms with Gasteiger partial charge in [0.1, 0.15) is 35.9 Å². The molecule has 0 unspecified atom stereocenters. The number of allylic oxidation sites excluding steroid dienone is 1. The standard InChI is InChI=1S/C17H11ClFN3O/c18-16-7-15(22-10-13(8-20)9-21)4-5-17(16)23-11-12-2-1-3-14(19)6-12/h1-7,10,22H,11H2. The van der Waals surface area contributed by atoms with Gasteiger partial charge < -0.3 is 10.1 Å². The summed E-state index contributed by atoms with van der Waals surface area (Å²) in [7, 11) is 0. The van der Waals surface area contributed by atoms with Gasteiger partial charge in [-0.3, -0.25) is 0 Å². The van der Waals surface area contributed by atoms with Crippen molar-refractivity contribution in [2.24, 2.45) is 0 Å². The fraction of sp³-hybridized carbons (Fsp3) is 0.0588. The first-order valence-corrected chi connectivity index (χ1v) is 6.94. The highest BCUT2D eigenvalue weighted by Gasteiger charge is 2.04. The normalized spacial score (nSPS) is 9.39. The molecule has 2 rings (SSSR count). The Bertz CT molecular complexity index is 805. The number of nitriles is 2. The summed E-state index contributed by atoms with van der Waals surface area (Å²) < 4.78 is 18.6. The fourth-order valence-electron chi connectivity index (χ4n) is 1.74. The van der Waals surface area contributed by atoms with Crippen molar-refractivity contribution >= 4 is 17.3 Å². The molecule has 0 spiro atoms. The molecular formula is C17H11ClFN3O. The second-order valence-corrected chi connectivity index (χ2v) is 4.90. The molecule has 0 aliphatic carbocycles. The summed E-state index contributed by atoms with van der Waals surface area (Å²) in [4.78, 5) is 0. The van der Waals surface area contributed by atoms with E-state index in [1.807, 2.05) is 0 Å². The summed E-state index contributed by atoms with van der Waals surface area (Å²) in [6, 6.07) is 14.5. The Balaban J connectivity index is 2.04. The summed E-state index contributed by atoms with van der Waals surface area (Å²) in [6.45, 7) is 0.192. The number of nitrogens with one attached hydrogen (secondary N) is 1. The van der Waals surface area contributed by atoms with Crippen LogP contribution in [0.15, 0.2) is 54.2 Å². The highest BCUT2D eigenvalue weighted by Crippen LogP contribution is 2.28. The van der Waals surface area contributed by atoms with Crippen LogP contribution in [0.2, 0.25) is 5.02 Å². The van der Waals surface area contributed by atoms with Crippen molar-refractivity contribution in [2.45, 2.75) is 6.61 Å². The first-order valence-electron chi connectivity index (χ1n) is 6.56. The van der Waals surface area contributed by atoms with Crippen molar-refractivity contribution in [3.05, 3.63) is 70.6 Å². The summed E-state index contributed by atoms with van der Waals surface area (Å²) in [5.41, 5.74) is 1.25. The van der Waals surface area contributed by atoms with Crippen molar-refractivity contribution in [2.75, 3.05) is 5.32 Å². The third-order valence-electron chi connectivity index (χ3n) is 2.84. The van der Waals surface area contributed by atoms with E-state index in [2.05, 4.69) is 5.32 Å². The van der Waals surface area contributed by atoms with Crippen LogP contribution in [-0.4, -0.2) is 0 Å². The second-order valence-electron chi connectivity index (χ2n) is 4.49. The topological polar surface area (TPSA) is 68.8 Å². The van der Waals surface area contributed by atoms with Gasteiger partial charge in [-0.25, -0.2) is 4.39 Å². The molecular weight excluding hydrogens is 317 g/mol. The van der Waals surface area contributed by atoms with Gasteiger partial charge in [-0.05, 0) is 35.9 Å². The van der Waals surface area contributed by atoms with Gasteiger partial charge in [0, 0.05) is 11.9 Å². The molecule has 0 atom stereocenters. The molecule has 6 heteroatoms. The maximum absolute atomic E-state index is 13.1. The summed E-state index contributed by atoms with van der Waals surface area (Å²) >= 11 is 6.12. The predicted octanol–water partition coefficient (Wildman–Crippen LogP) is 4.40. The molecule has 0 aliphatic heterocycles. The van der Waals surface area contributed by atoms with E-state index in [0.717, 1.165) is 0 Å². The zero-order valence-corrected chi connectivity index (χ0v) is 12.6. The maximum atomic E-state index is 13.1. The van der Waals surface area contributed by atoms with E-state index in [0.29, 0.717) is 22.0 Å². The quantitative estimate of drug-likeness (QED) is 0.826. The number of nitrogens with zero attached hydrogens (tertiary/aromatic N) is 2. The van der Waals surface area contributed by atoms with E-state index < -0.39 is 0 Å². The number of ether oxygens (including phenoxy) is 1. The van der Waals surface area contributed by atoms with E-state index in [1.54, 1.807) is 42.5 Å². The van der Waals surface area contributed by atoms with Crippen LogP contribution in [0.4, 0.5) is 10.1 Å². The molecule has 0 saturated heterocycles. The average molecular weight is 328 g/mol. The van der Waals surface area contributed by atoms with Gasteiger partial charge >= 0.3 is 0 Å². The van der Waals surface area contributed by atoms with E-state index in [-0.39, 0.29) is 18.0 Å². The molecule has 0 aliphatic rings. The van der Waals surface area contributed by atoms with Crippen LogP contribution in [0, 0.1) is 28.5 Å². The van der Waals surface area contributed by atoms with Crippen LogP contribution in [0.25, 0.3) is 0 Å². The number of anilines is 1. The van der Waals surface area contributed by atoms with Gasteiger partial charge in [-0.2, -0.15) is 10.5 Å². The van der Waals surface area contributed by atoms with E-state index in [4.69, 9.17) is 26.9 Å². The van der Waals surface area contributed by atoms with Crippen molar-refractivity contribution in [3.8, 4) is 17.9 Å².